The summed E-state index contributed by atoms with van der Waals surface area (Å²) in [6.07, 6.45) is 6.24. The summed E-state index contributed by atoms with van der Waals surface area (Å²) in [4.78, 5) is 39.6. The quantitative estimate of drug-likeness (QED) is 0.696. The summed E-state index contributed by atoms with van der Waals surface area (Å²) in [5, 5.41) is 2.82. The number of nitrogens with one attached hydrogen (secondary N) is 1. The van der Waals surface area contributed by atoms with E-state index in [1.807, 2.05) is 0 Å². The number of carbonyl (C=O) groups is 3. The summed E-state index contributed by atoms with van der Waals surface area (Å²) >= 11 is 0. The van der Waals surface area contributed by atoms with Crippen molar-refractivity contribution >= 4 is 29.2 Å². The van der Waals surface area contributed by atoms with Crippen LogP contribution < -0.4 is 15.0 Å². The van der Waals surface area contributed by atoms with Gasteiger partial charge in [-0.05, 0) is 36.4 Å². The van der Waals surface area contributed by atoms with Crippen LogP contribution in [0.4, 0.5) is 11.4 Å². The van der Waals surface area contributed by atoms with Crippen molar-refractivity contribution in [3.05, 3.63) is 89.8 Å². The van der Waals surface area contributed by atoms with Gasteiger partial charge in [-0.15, -0.1) is 0 Å². The molecule has 0 spiro atoms. The molecule has 0 fully saturated rings. The highest BCUT2D eigenvalue weighted by Crippen LogP contribution is 2.30. The minimum Gasteiger partial charge on any atom is -0.497 e. The number of hydrogen-bond acceptors (Lipinski definition) is 7. The summed E-state index contributed by atoms with van der Waals surface area (Å²) < 4.78 is 14.9. The fraction of sp³-hybridized carbons (Fsp3) is 0.125. The number of ether oxygens (including phenoxy) is 3. The molecule has 0 aliphatic carbocycles. The number of anilines is 2. The second-order valence-electron chi connectivity index (χ2n) is 6.52. The van der Waals surface area contributed by atoms with Crippen LogP contribution in [0, 0.1) is 0 Å². The van der Waals surface area contributed by atoms with E-state index in [1.165, 1.54) is 32.3 Å². The van der Waals surface area contributed by atoms with Gasteiger partial charge >= 0.3 is 11.9 Å². The molecule has 1 heterocycles. The molecular weight excluding hydrogens is 412 g/mol. The molecule has 0 saturated carbocycles. The van der Waals surface area contributed by atoms with Crippen molar-refractivity contribution in [3.8, 4) is 5.75 Å². The van der Waals surface area contributed by atoms with Crippen molar-refractivity contribution in [1.82, 2.24) is 0 Å². The van der Waals surface area contributed by atoms with Gasteiger partial charge < -0.3 is 24.4 Å². The zero-order valence-electron chi connectivity index (χ0n) is 17.8. The molecule has 1 aliphatic heterocycles. The van der Waals surface area contributed by atoms with Crippen molar-refractivity contribution in [1.29, 1.82) is 0 Å². The zero-order chi connectivity index (χ0) is 23.1. The zero-order valence-corrected chi connectivity index (χ0v) is 17.8. The van der Waals surface area contributed by atoms with Gasteiger partial charge in [0.2, 0.25) is 0 Å². The number of allylic oxidation sites excluding steroid dienone is 2. The fourth-order valence-electron chi connectivity index (χ4n) is 3.13. The third-order valence-corrected chi connectivity index (χ3v) is 4.63. The molecule has 1 N–H and O–H groups in total. The predicted molar refractivity (Wildman–Crippen MR) is 119 cm³/mol. The van der Waals surface area contributed by atoms with Gasteiger partial charge in [0.1, 0.15) is 11.4 Å². The molecule has 0 radical (unpaired) electrons. The van der Waals surface area contributed by atoms with Gasteiger partial charge in [0.15, 0.2) is 0 Å². The van der Waals surface area contributed by atoms with Gasteiger partial charge in [-0.3, -0.25) is 4.79 Å². The lowest BCUT2D eigenvalue weighted by Crippen LogP contribution is -2.28. The predicted octanol–water partition coefficient (Wildman–Crippen LogP) is 3.44. The van der Waals surface area contributed by atoms with Crippen molar-refractivity contribution in [2.24, 2.45) is 0 Å². The summed E-state index contributed by atoms with van der Waals surface area (Å²) in [6.45, 7) is 0. The molecule has 1 aliphatic rings. The number of methoxy groups -OCH3 is 3. The van der Waals surface area contributed by atoms with Gasteiger partial charge in [-0.1, -0.05) is 24.3 Å². The van der Waals surface area contributed by atoms with Crippen LogP contribution in [0.15, 0.2) is 84.2 Å². The smallest absolute Gasteiger partial charge is 0.355 e. The molecule has 2 aromatic rings. The highest BCUT2D eigenvalue weighted by atomic mass is 16.5. The number of amides is 1. The summed E-state index contributed by atoms with van der Waals surface area (Å²) in [6, 6.07) is 13.6. The van der Waals surface area contributed by atoms with Crippen molar-refractivity contribution in [3.63, 3.8) is 0 Å². The van der Waals surface area contributed by atoms with E-state index >= 15 is 0 Å². The Morgan fingerprint density at radius 3 is 2.34 bits per heavy atom. The molecule has 3 rings (SSSR count). The van der Waals surface area contributed by atoms with Gasteiger partial charge in [0.25, 0.3) is 5.91 Å². The van der Waals surface area contributed by atoms with Gasteiger partial charge in [0.05, 0.1) is 38.2 Å². The third-order valence-electron chi connectivity index (χ3n) is 4.63. The van der Waals surface area contributed by atoms with E-state index in [0.29, 0.717) is 17.1 Å². The van der Waals surface area contributed by atoms with E-state index in [9.17, 15) is 14.4 Å². The SMILES string of the molecule is COC(=O)C1=C(C(=O)OC)N(c2ccccc2C(=O)Nc2cccc(OC)c2)C=CC=C1. The first-order valence-electron chi connectivity index (χ1n) is 9.59. The number of carbonyl (C=O) groups excluding carboxylic acids is 3. The Labute approximate surface area is 185 Å². The Hall–Kier alpha value is -4.33. The lowest BCUT2D eigenvalue weighted by atomic mass is 10.1. The Balaban J connectivity index is 2.08. The molecule has 8 nitrogen and oxygen atoms in total. The number of nitrogens with zero attached hydrogens (tertiary/aromatic N) is 1. The normalized spacial score (nSPS) is 12.8. The molecule has 32 heavy (non-hydrogen) atoms. The van der Waals surface area contributed by atoms with Crippen LogP contribution in [0.25, 0.3) is 0 Å². The van der Waals surface area contributed by atoms with Crippen LogP contribution in [0.1, 0.15) is 10.4 Å². The topological polar surface area (TPSA) is 94.2 Å². The third kappa shape index (κ3) is 4.70. The summed E-state index contributed by atoms with van der Waals surface area (Å²) in [5.41, 5.74) is 1.09. The molecule has 0 unspecified atom stereocenters. The molecule has 0 bridgehead atoms. The van der Waals surface area contributed by atoms with Gasteiger partial charge in [-0.2, -0.15) is 0 Å². The number of para-hydroxylation sites is 1. The van der Waals surface area contributed by atoms with Crippen LogP contribution >= 0.6 is 0 Å². The first kappa shape index (κ1) is 22.4. The minimum atomic E-state index is -0.760. The lowest BCUT2D eigenvalue weighted by Gasteiger charge is -2.25. The van der Waals surface area contributed by atoms with E-state index in [0.717, 1.165) is 0 Å². The van der Waals surface area contributed by atoms with Crippen LogP contribution in [-0.2, 0) is 19.1 Å². The van der Waals surface area contributed by atoms with E-state index in [-0.39, 0.29) is 16.8 Å². The summed E-state index contributed by atoms with van der Waals surface area (Å²) in [5.74, 6) is -1.29. The molecule has 0 aromatic heterocycles. The maximum Gasteiger partial charge on any atom is 0.355 e. The maximum atomic E-state index is 13.1. The van der Waals surface area contributed by atoms with Gasteiger partial charge in [-0.25, -0.2) is 9.59 Å². The lowest BCUT2D eigenvalue weighted by molar-refractivity contribution is -0.139. The maximum absolute atomic E-state index is 13.1. The average molecular weight is 434 g/mol. The minimum absolute atomic E-state index is 0.00708. The largest absolute Gasteiger partial charge is 0.497 e. The molecule has 164 valence electrons. The van der Waals surface area contributed by atoms with Gasteiger partial charge in [0, 0.05) is 18.0 Å². The van der Waals surface area contributed by atoms with E-state index < -0.39 is 17.8 Å². The highest BCUT2D eigenvalue weighted by molar-refractivity contribution is 6.11. The second-order valence-corrected chi connectivity index (χ2v) is 6.52. The Kier molecular flexibility index (Phi) is 7.07. The molecular formula is C24H22N2O6. The van der Waals surface area contributed by atoms with Crippen LogP contribution in [0.5, 0.6) is 5.75 Å². The van der Waals surface area contributed by atoms with Crippen molar-refractivity contribution < 1.29 is 28.6 Å². The monoisotopic (exact) mass is 434 g/mol. The molecule has 0 atom stereocenters. The fourth-order valence-corrected chi connectivity index (χ4v) is 3.13. The van der Waals surface area contributed by atoms with Crippen molar-refractivity contribution in [2.45, 2.75) is 0 Å². The number of rotatable bonds is 6. The van der Waals surface area contributed by atoms with E-state index in [2.05, 4.69) is 5.32 Å². The summed E-state index contributed by atoms with van der Waals surface area (Å²) in [7, 11) is 3.97. The first-order chi connectivity index (χ1) is 15.5. The second kappa shape index (κ2) is 10.1. The Morgan fingerprint density at radius 2 is 1.62 bits per heavy atom. The van der Waals surface area contributed by atoms with E-state index in [1.54, 1.807) is 66.9 Å². The number of benzene rings is 2. The average Bonchev–Trinajstić information content (AvgIpc) is 3.06. The van der Waals surface area contributed by atoms with Crippen LogP contribution in [0.2, 0.25) is 0 Å². The number of hydrogen-bond donors (Lipinski definition) is 1. The van der Waals surface area contributed by atoms with Crippen molar-refractivity contribution in [2.75, 3.05) is 31.5 Å². The molecule has 0 saturated heterocycles. The molecule has 8 heteroatoms. The first-order valence-corrected chi connectivity index (χ1v) is 9.59. The molecule has 2 aromatic carbocycles. The van der Waals surface area contributed by atoms with Crippen LogP contribution in [0.3, 0.4) is 0 Å². The highest BCUT2D eigenvalue weighted by Gasteiger charge is 2.29. The number of esters is 2. The van der Waals surface area contributed by atoms with E-state index in [4.69, 9.17) is 14.2 Å². The van der Waals surface area contributed by atoms with Crippen LogP contribution in [-0.4, -0.2) is 39.2 Å². The Morgan fingerprint density at radius 1 is 0.875 bits per heavy atom. The molecule has 1 amide bonds. The standard InChI is InChI=1S/C24H22N2O6/c1-30-17-10-8-9-16(15-17)25-22(27)18-11-4-5-13-20(18)26-14-7-6-12-19(23(28)31-2)21(26)24(29)32-3/h4-15H,1-3H3,(H,25,27). The Bertz CT molecular complexity index is 1130.